The van der Waals surface area contributed by atoms with Gasteiger partial charge in [0, 0.05) is 69.6 Å². The van der Waals surface area contributed by atoms with Crippen LogP contribution in [0.3, 0.4) is 0 Å². The number of carbonyl (C=O) groups excluding carboxylic acids is 1. The molecule has 49 heavy (non-hydrogen) atoms. The van der Waals surface area contributed by atoms with Crippen molar-refractivity contribution >= 4 is 87.5 Å². The van der Waals surface area contributed by atoms with Crippen LogP contribution in [0.2, 0.25) is 10.0 Å². The molecule has 0 radical (unpaired) electrons. The second kappa shape index (κ2) is 18.4. The zero-order valence-corrected chi connectivity index (χ0v) is 32.1. The molecule has 2 heterocycles. The molecule has 0 bridgehead atoms. The Labute approximate surface area is 316 Å². The second-order valence-electron chi connectivity index (χ2n) is 9.67. The topological polar surface area (TPSA) is 118 Å². The van der Waals surface area contributed by atoms with Gasteiger partial charge >= 0.3 is 10.3 Å². The van der Waals surface area contributed by atoms with Gasteiger partial charge in [-0.1, -0.05) is 39.1 Å². The predicted molar refractivity (Wildman–Crippen MR) is 198 cm³/mol. The van der Waals surface area contributed by atoms with Crippen LogP contribution in [0, 0.1) is 0 Å². The number of halogens is 5. The van der Waals surface area contributed by atoms with E-state index in [0.29, 0.717) is 61.1 Å². The van der Waals surface area contributed by atoms with E-state index < -0.39 is 10.3 Å². The van der Waals surface area contributed by atoms with Gasteiger partial charge in [0.05, 0.1) is 41.1 Å². The molecule has 0 aliphatic carbocycles. The van der Waals surface area contributed by atoms with Gasteiger partial charge in [0.15, 0.2) is 34.5 Å². The van der Waals surface area contributed by atoms with Crippen LogP contribution in [0.25, 0.3) is 0 Å². The number of hydrogen-bond donors (Lipinski definition) is 1. The van der Waals surface area contributed by atoms with Gasteiger partial charge in [0.1, 0.15) is 11.5 Å². The van der Waals surface area contributed by atoms with Gasteiger partial charge in [0.25, 0.3) is 0 Å². The van der Waals surface area contributed by atoms with Gasteiger partial charge in [-0.25, -0.2) is 0 Å². The zero-order valence-electron chi connectivity index (χ0n) is 25.8. The van der Waals surface area contributed by atoms with E-state index in [0.717, 1.165) is 15.7 Å². The van der Waals surface area contributed by atoms with E-state index in [2.05, 4.69) is 47.1 Å². The number of nitrogens with zero attached hydrogens (tertiary/aromatic N) is 2. The van der Waals surface area contributed by atoms with Crippen molar-refractivity contribution in [1.29, 1.82) is 0 Å². The SMILES string of the molecule is COc1cc(CNc2ccc(C(C)=O)cc2)c(Br)cc1Oc1cncc(Cl)c1.COc1cc(OS(=O)Cl)c(Br)cc1Oc1cncc(Cl)c1. The van der Waals surface area contributed by atoms with Crippen molar-refractivity contribution < 1.29 is 32.1 Å². The lowest BCUT2D eigenvalue weighted by molar-refractivity contribution is 0.101. The molecule has 2 aromatic heterocycles. The molecule has 0 aliphatic rings. The number of hydrogen-bond acceptors (Lipinski definition) is 10. The average molecular weight is 875 g/mol. The Morgan fingerprint density at radius 3 is 1.78 bits per heavy atom. The van der Waals surface area contributed by atoms with Crippen LogP contribution >= 0.6 is 65.7 Å². The fraction of sp³-hybridized carbons (Fsp3) is 0.121. The number of rotatable bonds is 12. The van der Waals surface area contributed by atoms with Gasteiger partial charge in [-0.15, -0.1) is 0 Å². The highest BCUT2D eigenvalue weighted by Crippen LogP contribution is 2.41. The van der Waals surface area contributed by atoms with Crippen LogP contribution in [0.5, 0.6) is 40.2 Å². The van der Waals surface area contributed by atoms with E-state index in [9.17, 15) is 9.00 Å². The highest BCUT2D eigenvalue weighted by Gasteiger charge is 2.15. The summed E-state index contributed by atoms with van der Waals surface area (Å²) in [6.45, 7) is 2.12. The van der Waals surface area contributed by atoms with E-state index in [1.165, 1.54) is 25.6 Å². The normalized spacial score (nSPS) is 11.0. The minimum Gasteiger partial charge on any atom is -0.493 e. The predicted octanol–water partition coefficient (Wildman–Crippen LogP) is 10.6. The van der Waals surface area contributed by atoms with Crippen LogP contribution < -0.4 is 28.4 Å². The first-order chi connectivity index (χ1) is 23.4. The molecule has 0 fully saturated rings. The minimum absolute atomic E-state index is 0.0459. The van der Waals surface area contributed by atoms with Crippen molar-refractivity contribution in [3.63, 3.8) is 0 Å². The molecule has 5 aromatic rings. The fourth-order valence-corrected chi connectivity index (χ4v) is 5.80. The Hall–Kier alpha value is -3.59. The number of benzene rings is 3. The minimum atomic E-state index is -1.97. The molecule has 1 unspecified atom stereocenters. The Morgan fingerprint density at radius 1 is 0.755 bits per heavy atom. The molecule has 0 amide bonds. The molecule has 0 saturated heterocycles. The Morgan fingerprint density at radius 2 is 1.29 bits per heavy atom. The Bertz CT molecular complexity index is 1960. The van der Waals surface area contributed by atoms with Crippen molar-refractivity contribution in [3.05, 3.63) is 116 Å². The van der Waals surface area contributed by atoms with Crippen LogP contribution in [0.1, 0.15) is 22.8 Å². The van der Waals surface area contributed by atoms with E-state index in [-0.39, 0.29) is 11.5 Å². The molecule has 0 saturated carbocycles. The van der Waals surface area contributed by atoms with Gasteiger partial charge in [0.2, 0.25) is 0 Å². The number of nitrogens with one attached hydrogen (secondary N) is 1. The third-order valence-corrected chi connectivity index (χ3v) is 8.57. The van der Waals surface area contributed by atoms with Crippen molar-refractivity contribution in [2.45, 2.75) is 13.5 Å². The van der Waals surface area contributed by atoms with Crippen LogP contribution in [0.4, 0.5) is 5.69 Å². The highest BCUT2D eigenvalue weighted by atomic mass is 79.9. The first-order valence-electron chi connectivity index (χ1n) is 13.9. The molecule has 0 aliphatic heterocycles. The number of Topliss-reactive ketones (excluding diaryl/α,β-unsaturated/α-hetero) is 1. The molecule has 10 nitrogen and oxygen atoms in total. The molecule has 16 heteroatoms. The standard InChI is InChI=1S/C21H18BrClN2O3.C12H8BrCl2NO4S/c1-13(26)14-3-5-17(6-4-14)25-10-15-7-20(27-2)21(9-19(15)22)28-18-8-16(23)11-24-12-18;1-18-11-4-10(20-21(15)17)9(13)3-12(11)19-8-2-7(14)5-16-6-8/h3-9,11-12,25H,10H2,1-2H3;2-6H,1H3. The number of anilines is 1. The smallest absolute Gasteiger partial charge is 0.308 e. The summed E-state index contributed by atoms with van der Waals surface area (Å²) in [5.74, 6) is 3.19. The number of carbonyl (C=O) groups is 1. The molecular formula is C33H26Br2Cl3N3O7S. The van der Waals surface area contributed by atoms with Gasteiger partial charge in [-0.05, 0) is 64.8 Å². The third-order valence-electron chi connectivity index (χ3n) is 6.30. The Balaban J connectivity index is 0.000000230. The fourth-order valence-electron chi connectivity index (χ4n) is 4.01. The summed E-state index contributed by atoms with van der Waals surface area (Å²) < 4.78 is 39.4. The largest absolute Gasteiger partial charge is 0.493 e. The first kappa shape index (κ1) is 38.2. The van der Waals surface area contributed by atoms with Crippen LogP contribution in [-0.4, -0.2) is 34.2 Å². The lowest BCUT2D eigenvalue weighted by atomic mass is 10.1. The molecule has 1 atom stereocenters. The summed E-state index contributed by atoms with van der Waals surface area (Å²) >= 11 is 18.7. The van der Waals surface area contributed by atoms with Crippen LogP contribution in [-0.2, 0) is 16.8 Å². The number of methoxy groups -OCH3 is 2. The van der Waals surface area contributed by atoms with Gasteiger partial charge < -0.3 is 28.4 Å². The summed E-state index contributed by atoms with van der Waals surface area (Å²) in [6.07, 6.45) is 6.13. The van der Waals surface area contributed by atoms with Gasteiger partial charge in [-0.2, -0.15) is 4.21 Å². The summed E-state index contributed by atoms with van der Waals surface area (Å²) in [7, 11) is 6.39. The lowest BCUT2D eigenvalue weighted by Crippen LogP contribution is -2.02. The average Bonchev–Trinajstić information content (AvgIpc) is 3.06. The summed E-state index contributed by atoms with van der Waals surface area (Å²) in [5.41, 5.74) is 2.59. The maximum Gasteiger partial charge on any atom is 0.308 e. The molecular weight excluding hydrogens is 849 g/mol. The van der Waals surface area contributed by atoms with E-state index in [1.54, 1.807) is 56.8 Å². The number of aromatic nitrogens is 2. The molecule has 256 valence electrons. The van der Waals surface area contributed by atoms with E-state index >= 15 is 0 Å². The number of pyridine rings is 2. The highest BCUT2D eigenvalue weighted by molar-refractivity contribution is 9.10. The maximum absolute atomic E-state index is 11.4. The number of ketones is 1. The lowest BCUT2D eigenvalue weighted by Gasteiger charge is -2.15. The van der Waals surface area contributed by atoms with Crippen molar-refractivity contribution in [3.8, 4) is 40.2 Å². The molecule has 1 N–H and O–H groups in total. The summed E-state index contributed by atoms with van der Waals surface area (Å²) in [5, 5.41) is 4.27. The third kappa shape index (κ3) is 11.5. The van der Waals surface area contributed by atoms with Crippen LogP contribution in [0.15, 0.2) is 94.4 Å². The first-order valence-corrected chi connectivity index (χ1v) is 18.1. The van der Waals surface area contributed by atoms with Crippen molar-refractivity contribution in [2.24, 2.45) is 0 Å². The van der Waals surface area contributed by atoms with E-state index in [1.807, 2.05) is 24.3 Å². The van der Waals surface area contributed by atoms with Crippen molar-refractivity contribution in [1.82, 2.24) is 9.97 Å². The second-order valence-corrected chi connectivity index (χ2v) is 13.6. The summed E-state index contributed by atoms with van der Waals surface area (Å²) in [4.78, 5) is 19.3. The summed E-state index contributed by atoms with van der Waals surface area (Å²) in [6, 6.07) is 17.5. The quantitative estimate of drug-likeness (QED) is 0.0959. The molecule has 5 rings (SSSR count). The van der Waals surface area contributed by atoms with E-state index in [4.69, 9.17) is 57.0 Å². The Kier molecular flexibility index (Phi) is 14.4. The van der Waals surface area contributed by atoms with Crippen molar-refractivity contribution in [2.75, 3.05) is 19.5 Å². The van der Waals surface area contributed by atoms with Gasteiger partial charge in [-0.3, -0.25) is 14.8 Å². The molecule has 0 spiro atoms. The monoisotopic (exact) mass is 871 g/mol. The zero-order chi connectivity index (χ0) is 35.5. The number of ether oxygens (including phenoxy) is 4. The molecule has 3 aromatic carbocycles. The maximum atomic E-state index is 11.4.